The van der Waals surface area contributed by atoms with Crippen LogP contribution in [0.2, 0.25) is 0 Å². The van der Waals surface area contributed by atoms with Crippen molar-refractivity contribution >= 4 is 0 Å². The monoisotopic (exact) mass is 322 g/mol. The van der Waals surface area contributed by atoms with Gasteiger partial charge in [0.25, 0.3) is 0 Å². The Labute approximate surface area is 141 Å². The van der Waals surface area contributed by atoms with Gasteiger partial charge in [-0.3, -0.25) is 0 Å². The molecule has 0 amide bonds. The summed E-state index contributed by atoms with van der Waals surface area (Å²) < 4.78 is 6.51. The van der Waals surface area contributed by atoms with Gasteiger partial charge in [-0.15, -0.1) is 6.58 Å². The molecule has 2 saturated carbocycles. The molecule has 2 N–H and O–H groups in total. The second kappa shape index (κ2) is 5.06. The van der Waals surface area contributed by atoms with Crippen LogP contribution in [0.25, 0.3) is 0 Å². The predicted octanol–water partition coefficient (Wildman–Crippen LogP) is 3.68. The maximum absolute atomic E-state index is 10.7. The number of ether oxygens (including phenoxy) is 1. The molecule has 1 aliphatic heterocycles. The molecule has 3 fully saturated rings. The van der Waals surface area contributed by atoms with E-state index in [-0.39, 0.29) is 22.5 Å². The lowest BCUT2D eigenvalue weighted by atomic mass is 9.43. The molecule has 0 radical (unpaired) electrons. The quantitative estimate of drug-likeness (QED) is 0.724. The van der Waals surface area contributed by atoms with Crippen molar-refractivity contribution in [3.63, 3.8) is 0 Å². The minimum Gasteiger partial charge on any atom is -0.393 e. The van der Waals surface area contributed by atoms with Crippen molar-refractivity contribution in [2.45, 2.75) is 90.1 Å². The largest absolute Gasteiger partial charge is 0.393 e. The summed E-state index contributed by atoms with van der Waals surface area (Å²) in [5.74, 6) is 0.796. The summed E-state index contributed by atoms with van der Waals surface area (Å²) in [6.07, 6.45) is 5.73. The summed E-state index contributed by atoms with van der Waals surface area (Å²) >= 11 is 0. The number of aliphatic hydroxyl groups excluding tert-OH is 2. The number of aliphatic hydroxyl groups is 2. The molecule has 0 aromatic heterocycles. The third kappa shape index (κ3) is 2.26. The molecule has 132 valence electrons. The number of fused-ring (bicyclic) bond motifs is 3. The molecule has 0 bridgehead atoms. The van der Waals surface area contributed by atoms with Crippen LogP contribution in [0, 0.1) is 22.7 Å². The zero-order valence-electron chi connectivity index (χ0n) is 15.4. The molecule has 2 aliphatic carbocycles. The van der Waals surface area contributed by atoms with Crippen molar-refractivity contribution in [2.24, 2.45) is 22.7 Å². The van der Waals surface area contributed by atoms with Gasteiger partial charge >= 0.3 is 0 Å². The maximum Gasteiger partial charge on any atom is 0.110 e. The van der Waals surface area contributed by atoms with Crippen LogP contribution in [0.15, 0.2) is 12.7 Å². The highest BCUT2D eigenvalue weighted by Gasteiger charge is 2.64. The van der Waals surface area contributed by atoms with Crippen molar-refractivity contribution in [3.8, 4) is 0 Å². The minimum absolute atomic E-state index is 0.0710. The molecule has 7 atom stereocenters. The van der Waals surface area contributed by atoms with E-state index in [9.17, 15) is 10.2 Å². The van der Waals surface area contributed by atoms with E-state index >= 15 is 0 Å². The zero-order chi connectivity index (χ0) is 17.3. The Balaban J connectivity index is 1.99. The Morgan fingerprint density at radius 1 is 0.957 bits per heavy atom. The SMILES string of the molecule is C=C[C@]1(C)O[C@@]2(C)CCC3C(C)(C)[C@H](O)CC[C@@]3(C)C2C[C@@H]1O. The van der Waals surface area contributed by atoms with E-state index in [0.717, 1.165) is 32.1 Å². The Bertz CT molecular complexity index is 501. The molecule has 23 heavy (non-hydrogen) atoms. The van der Waals surface area contributed by atoms with Crippen molar-refractivity contribution in [1.82, 2.24) is 0 Å². The number of rotatable bonds is 1. The first-order valence-electron chi connectivity index (χ1n) is 9.19. The molecular formula is C20H34O3. The highest BCUT2D eigenvalue weighted by Crippen LogP contribution is 2.65. The van der Waals surface area contributed by atoms with Crippen LogP contribution < -0.4 is 0 Å². The minimum atomic E-state index is -0.655. The molecule has 0 spiro atoms. The van der Waals surface area contributed by atoms with Crippen molar-refractivity contribution < 1.29 is 14.9 Å². The predicted molar refractivity (Wildman–Crippen MR) is 92.1 cm³/mol. The van der Waals surface area contributed by atoms with Gasteiger partial charge in [-0.2, -0.15) is 0 Å². The summed E-state index contributed by atoms with van der Waals surface area (Å²) in [4.78, 5) is 0. The second-order valence-electron chi connectivity index (χ2n) is 9.58. The lowest BCUT2D eigenvalue weighted by Gasteiger charge is -2.66. The van der Waals surface area contributed by atoms with Crippen molar-refractivity contribution in [1.29, 1.82) is 0 Å². The first-order valence-corrected chi connectivity index (χ1v) is 9.19. The van der Waals surface area contributed by atoms with Crippen LogP contribution in [0.3, 0.4) is 0 Å². The first kappa shape index (κ1) is 17.4. The van der Waals surface area contributed by atoms with Crippen molar-refractivity contribution in [2.75, 3.05) is 0 Å². The van der Waals surface area contributed by atoms with Gasteiger partial charge in [0.1, 0.15) is 5.60 Å². The van der Waals surface area contributed by atoms with E-state index in [2.05, 4.69) is 34.3 Å². The van der Waals surface area contributed by atoms with Crippen LogP contribution in [-0.4, -0.2) is 33.6 Å². The van der Waals surface area contributed by atoms with Crippen LogP contribution in [0.4, 0.5) is 0 Å². The zero-order valence-corrected chi connectivity index (χ0v) is 15.4. The molecule has 3 rings (SSSR count). The lowest BCUT2D eigenvalue weighted by molar-refractivity contribution is -0.288. The highest BCUT2D eigenvalue weighted by atomic mass is 16.5. The Morgan fingerprint density at radius 2 is 1.61 bits per heavy atom. The summed E-state index contributed by atoms with van der Waals surface area (Å²) in [6, 6.07) is 0. The fraction of sp³-hybridized carbons (Fsp3) is 0.900. The van der Waals surface area contributed by atoms with Gasteiger partial charge in [-0.25, -0.2) is 0 Å². The summed E-state index contributed by atoms with van der Waals surface area (Å²) in [5.41, 5.74) is -0.832. The summed E-state index contributed by atoms with van der Waals surface area (Å²) in [5, 5.41) is 21.3. The van der Waals surface area contributed by atoms with Gasteiger partial charge < -0.3 is 14.9 Å². The average Bonchev–Trinajstić information content (AvgIpc) is 2.46. The van der Waals surface area contributed by atoms with Crippen LogP contribution in [-0.2, 0) is 4.74 Å². The molecular weight excluding hydrogens is 288 g/mol. The molecule has 1 saturated heterocycles. The van der Waals surface area contributed by atoms with E-state index in [0.29, 0.717) is 11.8 Å². The van der Waals surface area contributed by atoms with Crippen LogP contribution >= 0.6 is 0 Å². The molecule has 3 nitrogen and oxygen atoms in total. The van der Waals surface area contributed by atoms with E-state index in [1.54, 1.807) is 6.08 Å². The Hall–Kier alpha value is -0.380. The third-order valence-corrected chi connectivity index (χ3v) is 7.95. The van der Waals surface area contributed by atoms with Crippen LogP contribution in [0.1, 0.15) is 66.7 Å². The topological polar surface area (TPSA) is 49.7 Å². The lowest BCUT2D eigenvalue weighted by Crippen LogP contribution is -2.67. The van der Waals surface area contributed by atoms with Gasteiger partial charge in [0.05, 0.1) is 17.8 Å². The number of hydrogen-bond donors (Lipinski definition) is 2. The van der Waals surface area contributed by atoms with E-state index in [1.807, 2.05) is 6.92 Å². The molecule has 0 aromatic rings. The van der Waals surface area contributed by atoms with Gasteiger partial charge in [-0.05, 0) is 68.6 Å². The van der Waals surface area contributed by atoms with Gasteiger partial charge in [0, 0.05) is 0 Å². The molecule has 1 heterocycles. The molecule has 0 aromatic carbocycles. The molecule has 2 unspecified atom stereocenters. The normalized spacial score (nSPS) is 55.6. The molecule has 3 heteroatoms. The molecule has 3 aliphatic rings. The summed E-state index contributed by atoms with van der Waals surface area (Å²) in [7, 11) is 0. The van der Waals surface area contributed by atoms with E-state index in [4.69, 9.17) is 4.74 Å². The van der Waals surface area contributed by atoms with Gasteiger partial charge in [-0.1, -0.05) is 26.8 Å². The van der Waals surface area contributed by atoms with E-state index < -0.39 is 11.7 Å². The standard InChI is InChI=1S/C20H34O3/c1-7-19(5)16(22)12-14-18(4)10-9-15(21)17(2,3)13(18)8-11-20(14,6)23-19/h7,13-16,21-22H,1,8-12H2,2-6H3/t13?,14?,15-,16+,18-,19+,20+/m1/s1. The maximum atomic E-state index is 10.7. The average molecular weight is 322 g/mol. The smallest absolute Gasteiger partial charge is 0.110 e. The highest BCUT2D eigenvalue weighted by molar-refractivity contribution is 5.15. The van der Waals surface area contributed by atoms with Crippen molar-refractivity contribution in [3.05, 3.63) is 12.7 Å². The van der Waals surface area contributed by atoms with E-state index in [1.165, 1.54) is 0 Å². The second-order valence-corrected chi connectivity index (χ2v) is 9.58. The Kier molecular flexibility index (Phi) is 3.84. The fourth-order valence-electron chi connectivity index (χ4n) is 6.34. The van der Waals surface area contributed by atoms with Gasteiger partial charge in [0.15, 0.2) is 0 Å². The number of hydrogen-bond acceptors (Lipinski definition) is 3. The fourth-order valence-corrected chi connectivity index (χ4v) is 6.34. The Morgan fingerprint density at radius 3 is 2.22 bits per heavy atom. The first-order chi connectivity index (χ1) is 10.5. The van der Waals surface area contributed by atoms with Crippen LogP contribution in [0.5, 0.6) is 0 Å². The summed E-state index contributed by atoms with van der Waals surface area (Å²) in [6.45, 7) is 14.9. The van der Waals surface area contributed by atoms with Gasteiger partial charge in [0.2, 0.25) is 0 Å². The third-order valence-electron chi connectivity index (χ3n) is 7.95.